The van der Waals surface area contributed by atoms with Gasteiger partial charge in [-0.2, -0.15) is 5.10 Å². The van der Waals surface area contributed by atoms with Crippen LogP contribution in [0.15, 0.2) is 36.5 Å². The lowest BCUT2D eigenvalue weighted by Crippen LogP contribution is -2.60. The van der Waals surface area contributed by atoms with E-state index >= 15 is 8.78 Å². The van der Waals surface area contributed by atoms with Crippen molar-refractivity contribution in [3.05, 3.63) is 70.4 Å². The molecule has 4 rings (SSSR count). The number of aromatic nitrogens is 2. The van der Waals surface area contributed by atoms with Crippen LogP contribution in [-0.4, -0.2) is 50.9 Å². The van der Waals surface area contributed by atoms with Crippen molar-refractivity contribution in [2.45, 2.75) is 50.9 Å². The Balaban J connectivity index is 2.03. The summed E-state index contributed by atoms with van der Waals surface area (Å²) in [5.74, 6) is -3.43. The highest BCUT2D eigenvalue weighted by Crippen LogP contribution is 2.48. The number of aliphatic carboxylic acids is 1. The number of carboxylic acid groups (broad SMARTS) is 1. The number of hydrogen-bond donors (Lipinski definition) is 2. The lowest BCUT2D eigenvalue weighted by molar-refractivity contribution is -0.131. The molecule has 0 fully saturated rings. The van der Waals surface area contributed by atoms with Crippen molar-refractivity contribution >= 4 is 22.9 Å². The molecule has 1 aromatic heterocycles. The normalized spacial score (nSPS) is 21.2. The van der Waals surface area contributed by atoms with Gasteiger partial charge in [-0.25, -0.2) is 26.7 Å². The van der Waals surface area contributed by atoms with Gasteiger partial charge in [0, 0.05) is 23.6 Å². The molecule has 0 bridgehead atoms. The predicted octanol–water partition coefficient (Wildman–Crippen LogP) is 5.44. The number of H-pyrrole nitrogens is 1. The number of hydrogen-bond acceptors (Lipinski definition) is 3. The highest BCUT2D eigenvalue weighted by molar-refractivity contribution is 5.85. The first-order valence-corrected chi connectivity index (χ1v) is 10.9. The highest BCUT2D eigenvalue weighted by Gasteiger charge is 2.51. The summed E-state index contributed by atoms with van der Waals surface area (Å²) in [5.41, 5.74) is -2.96. The van der Waals surface area contributed by atoms with E-state index in [0.29, 0.717) is 22.0 Å². The van der Waals surface area contributed by atoms with Crippen LogP contribution in [0.4, 0.5) is 22.0 Å². The van der Waals surface area contributed by atoms with E-state index in [1.165, 1.54) is 27.0 Å². The number of aromatic amines is 1. The molecule has 0 spiro atoms. The number of benzene rings is 2. The molecule has 0 aliphatic carbocycles. The van der Waals surface area contributed by atoms with Gasteiger partial charge >= 0.3 is 5.97 Å². The lowest BCUT2D eigenvalue weighted by atomic mass is 9.73. The topological polar surface area (TPSA) is 69.2 Å². The van der Waals surface area contributed by atoms with Crippen LogP contribution >= 0.6 is 0 Å². The van der Waals surface area contributed by atoms with Crippen molar-refractivity contribution in [2.24, 2.45) is 0 Å². The second-order valence-corrected chi connectivity index (χ2v) is 9.48. The van der Waals surface area contributed by atoms with Gasteiger partial charge in [-0.05, 0) is 68.2 Å². The number of halogens is 5. The predicted molar refractivity (Wildman–Crippen MR) is 121 cm³/mol. The number of nitrogens with zero attached hydrogens (tertiary/aromatic N) is 2. The van der Waals surface area contributed by atoms with Crippen molar-refractivity contribution in [3.63, 3.8) is 0 Å². The zero-order valence-electron chi connectivity index (χ0n) is 19.3. The zero-order chi connectivity index (χ0) is 25.7. The fourth-order valence-electron chi connectivity index (χ4n) is 5.06. The zero-order valence-corrected chi connectivity index (χ0v) is 19.3. The molecule has 2 N–H and O–H groups in total. The summed E-state index contributed by atoms with van der Waals surface area (Å²) < 4.78 is 75.0. The van der Waals surface area contributed by atoms with E-state index in [0.717, 1.165) is 29.2 Å². The molecule has 2 aromatic carbocycles. The van der Waals surface area contributed by atoms with Gasteiger partial charge in [0.15, 0.2) is 0 Å². The summed E-state index contributed by atoms with van der Waals surface area (Å²) >= 11 is 0. The lowest BCUT2D eigenvalue weighted by Gasteiger charge is -2.52. The van der Waals surface area contributed by atoms with Crippen molar-refractivity contribution in [1.29, 1.82) is 0 Å². The molecule has 10 heteroatoms. The van der Waals surface area contributed by atoms with E-state index in [2.05, 4.69) is 10.2 Å². The fraction of sp³-hybridized carbons (Fsp3) is 0.360. The van der Waals surface area contributed by atoms with Crippen LogP contribution in [0, 0.1) is 11.6 Å². The van der Waals surface area contributed by atoms with Crippen LogP contribution in [0.25, 0.3) is 17.0 Å². The maximum Gasteiger partial charge on any atom is 0.328 e. The minimum atomic E-state index is -2.93. The molecule has 1 aliphatic rings. The minimum absolute atomic E-state index is 0.0566. The molecule has 5 nitrogen and oxygen atoms in total. The number of carbonyl (C=O) groups is 1. The van der Waals surface area contributed by atoms with E-state index in [1.54, 1.807) is 12.1 Å². The van der Waals surface area contributed by atoms with E-state index in [9.17, 15) is 18.0 Å². The van der Waals surface area contributed by atoms with Gasteiger partial charge in [0.1, 0.15) is 17.3 Å². The molecule has 35 heavy (non-hydrogen) atoms. The van der Waals surface area contributed by atoms with Gasteiger partial charge < -0.3 is 5.11 Å². The highest BCUT2D eigenvalue weighted by atomic mass is 19.3. The Labute approximate surface area is 198 Å². The first-order valence-electron chi connectivity index (χ1n) is 10.9. The Morgan fingerprint density at radius 3 is 2.54 bits per heavy atom. The third-order valence-electron chi connectivity index (χ3n) is 6.46. The third kappa shape index (κ3) is 4.42. The second-order valence-electron chi connectivity index (χ2n) is 9.48. The summed E-state index contributed by atoms with van der Waals surface area (Å²) in [7, 11) is 0. The summed E-state index contributed by atoms with van der Waals surface area (Å²) in [5, 5.41) is 16.1. The van der Waals surface area contributed by atoms with Crippen molar-refractivity contribution in [3.8, 4) is 0 Å². The summed E-state index contributed by atoms with van der Waals surface area (Å²) in [6.45, 7) is 3.34. The largest absolute Gasteiger partial charge is 0.478 e. The Morgan fingerprint density at radius 1 is 1.31 bits per heavy atom. The number of fused-ring (bicyclic) bond motifs is 3. The van der Waals surface area contributed by atoms with Crippen LogP contribution in [-0.2, 0) is 16.8 Å². The number of nitrogens with one attached hydrogen (secondary N) is 1. The van der Waals surface area contributed by atoms with Gasteiger partial charge in [0.05, 0.1) is 23.3 Å². The van der Waals surface area contributed by atoms with Crippen LogP contribution in [0.5, 0.6) is 0 Å². The van der Waals surface area contributed by atoms with Gasteiger partial charge in [-0.15, -0.1) is 0 Å². The molecule has 0 radical (unpaired) electrons. The maximum atomic E-state index is 15.6. The monoisotopic (exact) mass is 493 g/mol. The van der Waals surface area contributed by atoms with Gasteiger partial charge in [-0.3, -0.25) is 10.00 Å². The number of alkyl halides is 3. The second kappa shape index (κ2) is 8.75. The first kappa shape index (κ1) is 24.8. The Kier molecular flexibility index (Phi) is 6.21. The average Bonchev–Trinajstić information content (AvgIpc) is 3.22. The SMILES string of the molecule is CC(C)(F)CN1[C@H](C(F)F)Cc2c(ccc3[nH]ncc23)[C@@]1(C)c1c(F)cc(/C=C/C(=O)O)cc1F. The van der Waals surface area contributed by atoms with Crippen LogP contribution in [0.2, 0.25) is 0 Å². The van der Waals surface area contributed by atoms with E-state index in [4.69, 9.17) is 5.11 Å². The van der Waals surface area contributed by atoms with Crippen molar-refractivity contribution in [1.82, 2.24) is 15.1 Å². The molecule has 0 saturated carbocycles. The first-order chi connectivity index (χ1) is 16.3. The molecule has 2 atom stereocenters. The van der Waals surface area contributed by atoms with Crippen molar-refractivity contribution in [2.75, 3.05) is 6.54 Å². The molecular weight excluding hydrogens is 469 g/mol. The molecular formula is C25H24F5N3O2. The Hall–Kier alpha value is -3.27. The third-order valence-corrected chi connectivity index (χ3v) is 6.46. The molecule has 3 aromatic rings. The maximum absolute atomic E-state index is 15.6. The van der Waals surface area contributed by atoms with Crippen LogP contribution in [0.3, 0.4) is 0 Å². The standard InChI is InChI=1S/C25H24F5N3O2/c1-24(2,30)12-33-20(23(28)29)10-14-15-11-31-32-19(15)6-5-16(14)25(33,3)22-17(26)8-13(9-18(22)27)4-7-21(34)35/h4-9,11,20,23H,10,12H2,1-3H3,(H,31,32)(H,34,35)/b7-4+/t20-,25-/m0/s1. The quantitative estimate of drug-likeness (QED) is 0.354. The average molecular weight is 493 g/mol. The molecule has 0 saturated heterocycles. The number of carboxylic acids is 1. The van der Waals surface area contributed by atoms with Gasteiger partial charge in [0.2, 0.25) is 0 Å². The molecule has 186 valence electrons. The molecule has 2 heterocycles. The van der Waals surface area contributed by atoms with Crippen molar-refractivity contribution < 1.29 is 31.9 Å². The fourth-order valence-corrected chi connectivity index (χ4v) is 5.06. The van der Waals surface area contributed by atoms with E-state index in [1.807, 2.05) is 0 Å². The van der Waals surface area contributed by atoms with E-state index < -0.39 is 53.4 Å². The Bertz CT molecular complexity index is 1290. The summed E-state index contributed by atoms with van der Waals surface area (Å²) in [6.07, 6.45) is 0.119. The molecule has 1 aliphatic heterocycles. The summed E-state index contributed by atoms with van der Waals surface area (Å²) in [6, 6.07) is 3.56. The smallest absolute Gasteiger partial charge is 0.328 e. The van der Waals surface area contributed by atoms with Gasteiger partial charge in [-0.1, -0.05) is 6.07 Å². The number of rotatable bonds is 6. The van der Waals surface area contributed by atoms with Gasteiger partial charge in [0.25, 0.3) is 6.43 Å². The Morgan fingerprint density at radius 2 is 1.97 bits per heavy atom. The summed E-state index contributed by atoms with van der Waals surface area (Å²) in [4.78, 5) is 11.9. The minimum Gasteiger partial charge on any atom is -0.478 e. The van der Waals surface area contributed by atoms with E-state index in [-0.39, 0.29) is 12.0 Å². The van der Waals surface area contributed by atoms with Crippen LogP contribution in [0.1, 0.15) is 43.0 Å². The molecule has 0 amide bonds. The van der Waals surface area contributed by atoms with Crippen LogP contribution < -0.4 is 0 Å². The molecule has 0 unspecified atom stereocenters.